The van der Waals surface area contributed by atoms with Crippen LogP contribution >= 0.6 is 0 Å². The summed E-state index contributed by atoms with van der Waals surface area (Å²) in [6.07, 6.45) is -1.72. The van der Waals surface area contributed by atoms with Gasteiger partial charge in [0.1, 0.15) is 35.2 Å². The minimum absolute atomic E-state index is 0.0599. The highest BCUT2D eigenvalue weighted by Gasteiger charge is 2.63. The maximum Gasteiger partial charge on any atom is 0.427 e. The van der Waals surface area contributed by atoms with Crippen molar-refractivity contribution in [3.63, 3.8) is 0 Å². The van der Waals surface area contributed by atoms with E-state index in [1.54, 1.807) is 55.5 Å². The zero-order chi connectivity index (χ0) is 48.9. The Morgan fingerprint density at radius 3 is 2.33 bits per heavy atom. The number of methoxy groups -OCH3 is 1. The van der Waals surface area contributed by atoms with Crippen molar-refractivity contribution in [2.75, 3.05) is 13.7 Å². The number of aromatic nitrogens is 2. The molecule has 1 aromatic heterocycles. The number of amides is 4. The van der Waals surface area contributed by atoms with Crippen LogP contribution in [0, 0.1) is 17.8 Å². The number of halogens is 3. The first-order valence-electron chi connectivity index (χ1n) is 22.6. The van der Waals surface area contributed by atoms with Crippen molar-refractivity contribution >= 4 is 44.7 Å². The molecule has 7 rings (SSSR count). The van der Waals surface area contributed by atoms with Crippen LogP contribution in [-0.2, 0) is 29.1 Å². The number of alkyl carbamates (subject to hydrolysis) is 1. The average molecular weight is 957 g/mol. The van der Waals surface area contributed by atoms with Crippen molar-refractivity contribution in [2.45, 2.75) is 140 Å². The highest BCUT2D eigenvalue weighted by Crippen LogP contribution is 2.48. The Morgan fingerprint density at radius 2 is 1.69 bits per heavy atom. The number of ether oxygens (including phenoxy) is 4. The minimum atomic E-state index is -4.94. The molecule has 2 aliphatic carbocycles. The van der Waals surface area contributed by atoms with Crippen LogP contribution in [-0.4, -0.2) is 107 Å². The molecule has 7 atom stereocenters. The lowest BCUT2D eigenvalue weighted by atomic mass is 9.88. The van der Waals surface area contributed by atoms with E-state index < -0.39 is 85.9 Å². The number of allylic oxidation sites excluding steroid dienone is 1. The van der Waals surface area contributed by atoms with Crippen LogP contribution in [0.25, 0.3) is 22.3 Å². The summed E-state index contributed by atoms with van der Waals surface area (Å²) in [5.41, 5.74) is -3.53. The van der Waals surface area contributed by atoms with Gasteiger partial charge >= 0.3 is 12.3 Å². The third-order valence-corrected chi connectivity index (χ3v) is 15.3. The fraction of sp³-hybridized carbons (Fsp3) is 0.574. The Balaban J connectivity index is 1.26. The first-order valence-corrected chi connectivity index (χ1v) is 24.1. The van der Waals surface area contributed by atoms with Crippen LogP contribution in [0.15, 0.2) is 54.6 Å². The molecule has 67 heavy (non-hydrogen) atoms. The molecule has 3 N–H and O–H groups in total. The summed E-state index contributed by atoms with van der Waals surface area (Å²) < 4.78 is 92.2. The molecule has 3 heterocycles. The molecule has 2 aliphatic heterocycles. The van der Waals surface area contributed by atoms with Crippen molar-refractivity contribution in [3.05, 3.63) is 54.6 Å². The van der Waals surface area contributed by atoms with Crippen molar-refractivity contribution in [1.29, 1.82) is 0 Å². The summed E-state index contributed by atoms with van der Waals surface area (Å²) in [4.78, 5) is 68.0. The maximum absolute atomic E-state index is 15.0. The number of alkyl halides is 3. The second-order valence-electron chi connectivity index (χ2n) is 19.4. The van der Waals surface area contributed by atoms with E-state index in [1.165, 1.54) is 18.9 Å². The van der Waals surface area contributed by atoms with Gasteiger partial charge in [-0.05, 0) is 121 Å². The SMILES string of the molecule is COc1ccc2c(O[C@@H]3C[C@H]4C(=O)N[C@]5(C(=O)NS(=O)(=O)C6(C)CC6)C[C@H]5/C=C\CC[C@@H](C)C[C@@H](C)[C@H](NC(=O)OC(C)(C)C(F)(F)F)C(=O)N4C3)nc(-c3ccc(OC(C)C)cc3)nc2c1. The molecule has 3 fully saturated rings. The lowest BCUT2D eigenvalue weighted by Gasteiger charge is -2.34. The predicted octanol–water partition coefficient (Wildman–Crippen LogP) is 6.76. The zero-order valence-corrected chi connectivity index (χ0v) is 39.7. The fourth-order valence-corrected chi connectivity index (χ4v) is 9.89. The quantitative estimate of drug-likeness (QED) is 0.171. The summed E-state index contributed by atoms with van der Waals surface area (Å²) in [6.45, 7) is 10.1. The first kappa shape index (κ1) is 49.3. The smallest absolute Gasteiger partial charge is 0.427 e. The van der Waals surface area contributed by atoms with Crippen LogP contribution in [0.2, 0.25) is 0 Å². The molecule has 20 heteroatoms. The van der Waals surface area contributed by atoms with E-state index in [0.717, 1.165) is 0 Å². The minimum Gasteiger partial charge on any atom is -0.497 e. The maximum atomic E-state index is 15.0. The molecule has 16 nitrogen and oxygen atoms in total. The van der Waals surface area contributed by atoms with E-state index in [-0.39, 0.29) is 43.1 Å². The molecule has 4 aliphatic rings. The molecular formula is C47H59F3N6O10S. The summed E-state index contributed by atoms with van der Waals surface area (Å²) in [5, 5.41) is 5.69. The van der Waals surface area contributed by atoms with Crippen molar-refractivity contribution in [3.8, 4) is 28.8 Å². The number of rotatable bonds is 11. The lowest BCUT2D eigenvalue weighted by Crippen LogP contribution is -2.59. The molecule has 0 radical (unpaired) electrons. The van der Waals surface area contributed by atoms with Crippen LogP contribution in [0.3, 0.4) is 0 Å². The summed E-state index contributed by atoms with van der Waals surface area (Å²) in [6, 6.07) is 9.37. The molecule has 364 valence electrons. The number of hydrogen-bond acceptors (Lipinski definition) is 12. The summed E-state index contributed by atoms with van der Waals surface area (Å²) in [7, 11) is -2.61. The largest absolute Gasteiger partial charge is 0.497 e. The van der Waals surface area contributed by atoms with Gasteiger partial charge in [-0.3, -0.25) is 19.1 Å². The highest BCUT2D eigenvalue weighted by molar-refractivity contribution is 7.91. The van der Waals surface area contributed by atoms with Gasteiger partial charge < -0.3 is 34.5 Å². The second kappa shape index (κ2) is 18.4. The first-order chi connectivity index (χ1) is 31.3. The molecule has 0 spiro atoms. The van der Waals surface area contributed by atoms with Gasteiger partial charge in [0.25, 0.3) is 5.91 Å². The Labute approximate surface area is 388 Å². The van der Waals surface area contributed by atoms with E-state index in [9.17, 15) is 36.0 Å². The normalized spacial score (nSPS) is 27.1. The van der Waals surface area contributed by atoms with Crippen LogP contribution in [0.1, 0.15) is 93.4 Å². The fourth-order valence-electron chi connectivity index (χ4n) is 8.58. The summed E-state index contributed by atoms with van der Waals surface area (Å²) >= 11 is 0. The molecule has 2 aromatic carbocycles. The Kier molecular flexibility index (Phi) is 13.6. The Morgan fingerprint density at radius 1 is 1.00 bits per heavy atom. The number of sulfonamides is 1. The van der Waals surface area contributed by atoms with Gasteiger partial charge in [-0.1, -0.05) is 26.0 Å². The number of hydrogen-bond donors (Lipinski definition) is 3. The molecule has 0 bridgehead atoms. The average Bonchev–Trinajstić information content (AvgIpc) is 4.13. The van der Waals surface area contributed by atoms with Gasteiger partial charge in [0.05, 0.1) is 35.4 Å². The zero-order valence-electron chi connectivity index (χ0n) is 38.9. The standard InChI is InChI=1S/C47H59F3N6O10S/c1-26(2)64-31-15-13-29(14-16-31)38-51-35-22-32(63-8)17-18-34(35)40(53-38)65-33-23-36-39(57)54-46(42(59)55-67(61,62)45(7)19-20-45)24-30(46)12-10-9-11-27(3)21-28(4)37(41(58)56(36)25-33)52-43(60)66-44(5,6)47(48,49)50/h10,12-18,22,26-28,30,33,36-37H,9,11,19-21,23-25H2,1-8H3,(H,52,60)(H,54,57)(H,55,59)/b12-10-/t27-,28-,30-,33-,36+,37+,46-/m1/s1. The van der Waals surface area contributed by atoms with Gasteiger partial charge in [0.2, 0.25) is 33.3 Å². The number of nitrogens with one attached hydrogen (secondary N) is 3. The van der Waals surface area contributed by atoms with Crippen molar-refractivity contribution in [2.24, 2.45) is 17.8 Å². The molecule has 1 saturated heterocycles. The second-order valence-corrected chi connectivity index (χ2v) is 21.6. The van der Waals surface area contributed by atoms with E-state index >= 15 is 4.79 Å². The van der Waals surface area contributed by atoms with Gasteiger partial charge in [-0.2, -0.15) is 18.2 Å². The molecule has 3 aromatic rings. The van der Waals surface area contributed by atoms with Gasteiger partial charge in [0, 0.05) is 24.0 Å². The molecule has 2 saturated carbocycles. The number of carbonyl (C=O) groups is 4. The van der Waals surface area contributed by atoms with E-state index in [0.29, 0.717) is 73.9 Å². The van der Waals surface area contributed by atoms with E-state index in [1.807, 2.05) is 26.8 Å². The third kappa shape index (κ3) is 10.6. The van der Waals surface area contributed by atoms with Crippen molar-refractivity contribution < 1.29 is 59.7 Å². The van der Waals surface area contributed by atoms with Crippen LogP contribution in [0.4, 0.5) is 18.0 Å². The predicted molar refractivity (Wildman–Crippen MR) is 240 cm³/mol. The van der Waals surface area contributed by atoms with Gasteiger partial charge in [-0.15, -0.1) is 0 Å². The number of benzene rings is 2. The van der Waals surface area contributed by atoms with Gasteiger partial charge in [0.15, 0.2) is 5.82 Å². The lowest BCUT2D eigenvalue weighted by molar-refractivity contribution is -0.244. The van der Waals surface area contributed by atoms with E-state index in [2.05, 4.69) is 15.4 Å². The topological polar surface area (TPSA) is 204 Å². The summed E-state index contributed by atoms with van der Waals surface area (Å²) in [5.74, 6) is -2.34. The van der Waals surface area contributed by atoms with Crippen LogP contribution in [0.5, 0.6) is 17.4 Å². The van der Waals surface area contributed by atoms with Crippen LogP contribution < -0.4 is 29.6 Å². The number of nitrogens with zero attached hydrogens (tertiary/aromatic N) is 3. The number of fused-ring (bicyclic) bond motifs is 3. The molecule has 0 unspecified atom stereocenters. The van der Waals surface area contributed by atoms with Crippen molar-refractivity contribution in [1.82, 2.24) is 30.2 Å². The van der Waals surface area contributed by atoms with E-state index in [4.69, 9.17) is 28.9 Å². The van der Waals surface area contributed by atoms with Gasteiger partial charge in [-0.25, -0.2) is 18.2 Å². The molecular weight excluding hydrogens is 898 g/mol. The monoisotopic (exact) mass is 956 g/mol. The highest BCUT2D eigenvalue weighted by atomic mass is 32.2. The molecule has 4 amide bonds. The Hall–Kier alpha value is -5.66. The number of carbonyl (C=O) groups excluding carboxylic acids is 4. The Bertz CT molecular complexity index is 2530. The third-order valence-electron chi connectivity index (χ3n) is 13.2.